The van der Waals surface area contributed by atoms with Crippen molar-refractivity contribution in [2.45, 2.75) is 31.6 Å². The van der Waals surface area contributed by atoms with E-state index in [1.165, 1.54) is 10.5 Å². The van der Waals surface area contributed by atoms with E-state index in [-0.39, 0.29) is 17.5 Å². The number of thioether (sulfide) groups is 1. The van der Waals surface area contributed by atoms with E-state index in [0.717, 1.165) is 15.8 Å². The second kappa shape index (κ2) is 8.45. The number of aliphatic hydroxyl groups is 1. The number of carbonyl (C=O) groups is 1. The topological polar surface area (TPSA) is 37.3 Å². The van der Waals surface area contributed by atoms with E-state index in [2.05, 4.69) is 54.0 Å². The Morgan fingerprint density at radius 1 is 1.15 bits per heavy atom. The molecular formula is C22H23BrO2S. The maximum absolute atomic E-state index is 12.7. The Labute approximate surface area is 167 Å². The monoisotopic (exact) mass is 430 g/mol. The van der Waals surface area contributed by atoms with Crippen LogP contribution < -0.4 is 0 Å². The summed E-state index contributed by atoms with van der Waals surface area (Å²) < 4.78 is 0.844. The summed E-state index contributed by atoms with van der Waals surface area (Å²) in [4.78, 5) is 14.0. The molecule has 1 aliphatic carbocycles. The molecule has 2 aromatic carbocycles. The Balaban J connectivity index is 1.69. The van der Waals surface area contributed by atoms with Crippen LogP contribution in [0.25, 0.3) is 5.57 Å². The van der Waals surface area contributed by atoms with E-state index in [1.54, 1.807) is 0 Å². The SMILES string of the molecule is Cc1ccc(SCC(C)C2CC(=O)C(c3ccccc3Br)=C(O)C2)cc1. The highest BCUT2D eigenvalue weighted by molar-refractivity contribution is 9.10. The molecule has 2 atom stereocenters. The summed E-state index contributed by atoms with van der Waals surface area (Å²) in [5.74, 6) is 1.75. The standard InChI is InChI=1S/C22H23BrO2S/c1-14-7-9-17(10-8-14)26-13-15(2)16-11-20(24)22(21(25)12-16)18-5-3-4-6-19(18)23/h3-10,15-16,24H,11-13H2,1-2H3. The summed E-state index contributed by atoms with van der Waals surface area (Å²) in [5.41, 5.74) is 2.53. The minimum absolute atomic E-state index is 0.0397. The highest BCUT2D eigenvalue weighted by Gasteiger charge is 2.32. The van der Waals surface area contributed by atoms with E-state index in [0.29, 0.717) is 24.3 Å². The second-order valence-electron chi connectivity index (χ2n) is 6.99. The van der Waals surface area contributed by atoms with Crippen LogP contribution in [0.15, 0.2) is 63.7 Å². The average molecular weight is 431 g/mol. The number of allylic oxidation sites excluding steroid dienone is 2. The van der Waals surface area contributed by atoms with Crippen molar-refractivity contribution in [2.24, 2.45) is 11.8 Å². The predicted molar refractivity (Wildman–Crippen MR) is 112 cm³/mol. The van der Waals surface area contributed by atoms with E-state index in [1.807, 2.05) is 36.0 Å². The largest absolute Gasteiger partial charge is 0.512 e. The van der Waals surface area contributed by atoms with Crippen LogP contribution in [-0.2, 0) is 4.79 Å². The number of halogens is 1. The lowest BCUT2D eigenvalue weighted by molar-refractivity contribution is -0.115. The molecule has 0 fully saturated rings. The third-order valence-electron chi connectivity index (χ3n) is 4.95. The van der Waals surface area contributed by atoms with E-state index >= 15 is 0 Å². The van der Waals surface area contributed by atoms with Crippen molar-refractivity contribution >= 4 is 39.0 Å². The predicted octanol–water partition coefficient (Wildman–Crippen LogP) is 6.43. The van der Waals surface area contributed by atoms with Crippen LogP contribution in [0, 0.1) is 18.8 Å². The van der Waals surface area contributed by atoms with Gasteiger partial charge in [0.05, 0.1) is 5.57 Å². The van der Waals surface area contributed by atoms with Crippen molar-refractivity contribution in [2.75, 3.05) is 5.75 Å². The molecule has 0 bridgehead atoms. The summed E-state index contributed by atoms with van der Waals surface area (Å²) >= 11 is 5.30. The molecule has 0 radical (unpaired) electrons. The number of hydrogen-bond acceptors (Lipinski definition) is 3. The Kier molecular flexibility index (Phi) is 6.25. The minimum atomic E-state index is 0.0397. The molecule has 26 heavy (non-hydrogen) atoms. The molecule has 0 aliphatic heterocycles. The highest BCUT2D eigenvalue weighted by Crippen LogP contribution is 2.38. The van der Waals surface area contributed by atoms with Gasteiger partial charge in [0.2, 0.25) is 0 Å². The number of Topliss-reactive ketones (excluding diaryl/α,β-unsaturated/α-hetero) is 1. The molecule has 136 valence electrons. The fourth-order valence-corrected chi connectivity index (χ4v) is 4.83. The molecule has 4 heteroatoms. The van der Waals surface area contributed by atoms with E-state index in [4.69, 9.17) is 0 Å². The van der Waals surface area contributed by atoms with Gasteiger partial charge in [-0.15, -0.1) is 11.8 Å². The van der Waals surface area contributed by atoms with Crippen molar-refractivity contribution in [1.29, 1.82) is 0 Å². The molecule has 2 aromatic rings. The summed E-state index contributed by atoms with van der Waals surface area (Å²) in [6, 6.07) is 16.1. The zero-order chi connectivity index (χ0) is 18.7. The maximum Gasteiger partial charge on any atom is 0.167 e. The van der Waals surface area contributed by atoms with Gasteiger partial charge in [0.25, 0.3) is 0 Å². The summed E-state index contributed by atoms with van der Waals surface area (Å²) in [5, 5.41) is 10.6. The molecule has 0 heterocycles. The molecular weight excluding hydrogens is 408 g/mol. The number of rotatable bonds is 5. The van der Waals surface area contributed by atoms with Crippen LogP contribution in [0.3, 0.4) is 0 Å². The van der Waals surface area contributed by atoms with Crippen LogP contribution in [0.4, 0.5) is 0 Å². The Hall–Kier alpha value is -1.52. The summed E-state index contributed by atoms with van der Waals surface area (Å²) in [7, 11) is 0. The molecule has 2 unspecified atom stereocenters. The average Bonchev–Trinajstić information content (AvgIpc) is 2.62. The molecule has 0 saturated carbocycles. The van der Waals surface area contributed by atoms with Crippen LogP contribution in [-0.4, -0.2) is 16.6 Å². The molecule has 0 saturated heterocycles. The first-order valence-electron chi connectivity index (χ1n) is 8.85. The first-order valence-corrected chi connectivity index (χ1v) is 10.6. The van der Waals surface area contributed by atoms with Crippen LogP contribution in [0.1, 0.15) is 30.9 Å². The zero-order valence-corrected chi connectivity index (χ0v) is 17.4. The summed E-state index contributed by atoms with van der Waals surface area (Å²) in [6.45, 7) is 4.26. The van der Waals surface area contributed by atoms with Gasteiger partial charge in [0.1, 0.15) is 5.76 Å². The maximum atomic E-state index is 12.7. The third-order valence-corrected chi connectivity index (χ3v) is 6.94. The van der Waals surface area contributed by atoms with Gasteiger partial charge in [-0.05, 0) is 37.0 Å². The van der Waals surface area contributed by atoms with Gasteiger partial charge in [0, 0.05) is 33.5 Å². The Bertz CT molecular complexity index is 826. The molecule has 0 aromatic heterocycles. The molecule has 1 aliphatic rings. The fourth-order valence-electron chi connectivity index (χ4n) is 3.29. The molecule has 3 rings (SSSR count). The van der Waals surface area contributed by atoms with Gasteiger partial charge in [0.15, 0.2) is 5.78 Å². The van der Waals surface area contributed by atoms with Crippen LogP contribution in [0.2, 0.25) is 0 Å². The van der Waals surface area contributed by atoms with E-state index in [9.17, 15) is 9.90 Å². The van der Waals surface area contributed by atoms with Gasteiger partial charge in [-0.2, -0.15) is 0 Å². The molecule has 2 nitrogen and oxygen atoms in total. The van der Waals surface area contributed by atoms with Crippen molar-refractivity contribution in [3.63, 3.8) is 0 Å². The van der Waals surface area contributed by atoms with Gasteiger partial charge in [-0.1, -0.05) is 58.7 Å². The lowest BCUT2D eigenvalue weighted by atomic mass is 9.79. The molecule has 0 amide bonds. The first kappa shape index (κ1) is 19.2. The number of aliphatic hydroxyl groups excluding tert-OH is 1. The third kappa shape index (κ3) is 4.41. The van der Waals surface area contributed by atoms with Crippen molar-refractivity contribution in [3.05, 3.63) is 69.9 Å². The van der Waals surface area contributed by atoms with Gasteiger partial charge in [-0.3, -0.25) is 4.79 Å². The van der Waals surface area contributed by atoms with E-state index < -0.39 is 0 Å². The van der Waals surface area contributed by atoms with Crippen molar-refractivity contribution in [3.8, 4) is 0 Å². The van der Waals surface area contributed by atoms with Crippen molar-refractivity contribution < 1.29 is 9.90 Å². The normalized spacial score (nSPS) is 18.9. The Morgan fingerprint density at radius 3 is 2.50 bits per heavy atom. The molecule has 1 N–H and O–H groups in total. The smallest absolute Gasteiger partial charge is 0.167 e. The van der Waals surface area contributed by atoms with Crippen LogP contribution >= 0.6 is 27.7 Å². The van der Waals surface area contributed by atoms with Gasteiger partial charge >= 0.3 is 0 Å². The number of benzene rings is 2. The Morgan fingerprint density at radius 2 is 1.85 bits per heavy atom. The quantitative estimate of drug-likeness (QED) is 0.554. The minimum Gasteiger partial charge on any atom is -0.512 e. The number of carbonyl (C=O) groups excluding carboxylic acids is 1. The van der Waals surface area contributed by atoms with Crippen molar-refractivity contribution in [1.82, 2.24) is 0 Å². The van der Waals surface area contributed by atoms with Gasteiger partial charge < -0.3 is 5.11 Å². The van der Waals surface area contributed by atoms with Gasteiger partial charge in [-0.25, -0.2) is 0 Å². The lowest BCUT2D eigenvalue weighted by Crippen LogP contribution is -2.25. The number of ketones is 1. The highest BCUT2D eigenvalue weighted by atomic mass is 79.9. The number of aryl methyl sites for hydroxylation is 1. The van der Waals surface area contributed by atoms with Crippen LogP contribution in [0.5, 0.6) is 0 Å². The fraction of sp³-hybridized carbons (Fsp3) is 0.318. The number of hydrogen-bond donors (Lipinski definition) is 1. The molecule has 0 spiro atoms. The first-order chi connectivity index (χ1) is 12.5. The zero-order valence-electron chi connectivity index (χ0n) is 15.0. The second-order valence-corrected chi connectivity index (χ2v) is 8.94. The lowest BCUT2D eigenvalue weighted by Gasteiger charge is -2.28. The summed E-state index contributed by atoms with van der Waals surface area (Å²) in [6.07, 6.45) is 1.06.